The molecule has 27 heavy (non-hydrogen) atoms. The largest absolute Gasteiger partial charge is 0.393 e. The lowest BCUT2D eigenvalue weighted by atomic mass is 9.93. The van der Waals surface area contributed by atoms with Crippen molar-refractivity contribution in [2.24, 2.45) is 11.8 Å². The zero-order chi connectivity index (χ0) is 21.0. The highest BCUT2D eigenvalue weighted by molar-refractivity contribution is 5.99. The summed E-state index contributed by atoms with van der Waals surface area (Å²) >= 11 is 0. The third kappa shape index (κ3) is 10.0. The molecule has 0 heterocycles. The standard InChI is InChI=1S/C22H34O5/c1-7-9-11-17(13-19(23)15(3)4)21(25)27-22(26)18(12-10-8-2)14-20(24)16(5)6/h17-18H,3,5,7-14H2,1-2,4,6H3. The van der Waals surface area contributed by atoms with Crippen molar-refractivity contribution in [1.29, 1.82) is 0 Å². The van der Waals surface area contributed by atoms with Gasteiger partial charge < -0.3 is 4.74 Å². The highest BCUT2D eigenvalue weighted by Gasteiger charge is 2.29. The Labute approximate surface area is 163 Å². The number of hydrogen-bond donors (Lipinski definition) is 0. The highest BCUT2D eigenvalue weighted by atomic mass is 16.6. The number of rotatable bonds is 14. The maximum atomic E-state index is 12.5. The predicted octanol–water partition coefficient (Wildman–Crippen LogP) is 4.74. The fourth-order valence-electron chi connectivity index (χ4n) is 2.57. The summed E-state index contributed by atoms with van der Waals surface area (Å²) in [5.41, 5.74) is 0.756. The van der Waals surface area contributed by atoms with Gasteiger partial charge in [-0.15, -0.1) is 0 Å². The van der Waals surface area contributed by atoms with Crippen LogP contribution in [0.25, 0.3) is 0 Å². The zero-order valence-electron chi connectivity index (χ0n) is 17.3. The van der Waals surface area contributed by atoms with E-state index in [1.165, 1.54) is 0 Å². The second-order valence-electron chi connectivity index (χ2n) is 7.23. The molecule has 0 aromatic heterocycles. The Balaban J connectivity index is 5.11. The van der Waals surface area contributed by atoms with Crippen LogP contribution in [0.1, 0.15) is 79.1 Å². The summed E-state index contributed by atoms with van der Waals surface area (Å²) in [7, 11) is 0. The smallest absolute Gasteiger partial charge is 0.317 e. The van der Waals surface area contributed by atoms with Crippen molar-refractivity contribution >= 4 is 23.5 Å². The van der Waals surface area contributed by atoms with Crippen LogP contribution in [-0.4, -0.2) is 23.5 Å². The van der Waals surface area contributed by atoms with Gasteiger partial charge in [0.05, 0.1) is 11.8 Å². The molecule has 0 aliphatic heterocycles. The molecule has 0 N–H and O–H groups in total. The zero-order valence-corrected chi connectivity index (χ0v) is 17.3. The molecule has 152 valence electrons. The van der Waals surface area contributed by atoms with Crippen molar-refractivity contribution in [3.63, 3.8) is 0 Å². The van der Waals surface area contributed by atoms with Gasteiger partial charge in [0.1, 0.15) is 0 Å². The molecule has 0 aliphatic carbocycles. The van der Waals surface area contributed by atoms with Crippen molar-refractivity contribution in [3.05, 3.63) is 24.3 Å². The van der Waals surface area contributed by atoms with Gasteiger partial charge in [0.15, 0.2) is 11.6 Å². The van der Waals surface area contributed by atoms with Gasteiger partial charge in [-0.2, -0.15) is 0 Å². The lowest BCUT2D eigenvalue weighted by molar-refractivity contribution is -0.167. The van der Waals surface area contributed by atoms with E-state index in [9.17, 15) is 19.2 Å². The van der Waals surface area contributed by atoms with Crippen molar-refractivity contribution in [2.75, 3.05) is 0 Å². The second kappa shape index (κ2) is 13.2. The normalized spacial score (nSPS) is 12.7. The minimum atomic E-state index is -0.688. The van der Waals surface area contributed by atoms with Crippen LogP contribution < -0.4 is 0 Å². The Morgan fingerprint density at radius 2 is 1.07 bits per heavy atom. The molecular weight excluding hydrogens is 344 g/mol. The van der Waals surface area contributed by atoms with Crippen molar-refractivity contribution in [2.45, 2.75) is 79.1 Å². The fourth-order valence-corrected chi connectivity index (χ4v) is 2.57. The number of ketones is 2. The SMILES string of the molecule is C=C(C)C(=O)CC(CCCC)C(=O)OC(=O)C(CCCC)CC(=O)C(=C)C. The topological polar surface area (TPSA) is 77.5 Å². The number of carbonyl (C=O) groups is 4. The van der Waals surface area contributed by atoms with Crippen LogP contribution in [0, 0.1) is 11.8 Å². The number of carbonyl (C=O) groups excluding carboxylic acids is 4. The average Bonchev–Trinajstić information content (AvgIpc) is 2.60. The summed E-state index contributed by atoms with van der Waals surface area (Å²) in [6.45, 7) is 14.4. The van der Waals surface area contributed by atoms with E-state index >= 15 is 0 Å². The molecule has 0 saturated heterocycles. The maximum absolute atomic E-state index is 12.5. The first-order valence-electron chi connectivity index (χ1n) is 9.76. The Hall–Kier alpha value is -2.04. The summed E-state index contributed by atoms with van der Waals surface area (Å²) in [4.78, 5) is 48.9. The van der Waals surface area contributed by atoms with Gasteiger partial charge in [0, 0.05) is 12.8 Å². The molecule has 0 fully saturated rings. The Morgan fingerprint density at radius 3 is 1.33 bits per heavy atom. The van der Waals surface area contributed by atoms with Gasteiger partial charge in [0.2, 0.25) is 0 Å². The third-order valence-corrected chi connectivity index (χ3v) is 4.50. The van der Waals surface area contributed by atoms with Crippen molar-refractivity contribution in [1.82, 2.24) is 0 Å². The summed E-state index contributed by atoms with van der Waals surface area (Å²) in [5, 5.41) is 0. The van der Waals surface area contributed by atoms with Gasteiger partial charge >= 0.3 is 11.9 Å². The molecule has 0 saturated carbocycles. The second-order valence-corrected chi connectivity index (χ2v) is 7.23. The van der Waals surface area contributed by atoms with Crippen LogP contribution in [0.3, 0.4) is 0 Å². The fraction of sp³-hybridized carbons (Fsp3) is 0.636. The highest BCUT2D eigenvalue weighted by Crippen LogP contribution is 2.21. The molecule has 0 rings (SSSR count). The lowest BCUT2D eigenvalue weighted by Crippen LogP contribution is -2.29. The number of ether oxygens (including phenoxy) is 1. The van der Waals surface area contributed by atoms with Crippen LogP contribution in [0.15, 0.2) is 24.3 Å². The van der Waals surface area contributed by atoms with Crippen LogP contribution in [-0.2, 0) is 23.9 Å². The number of esters is 2. The Kier molecular flexibility index (Phi) is 12.2. The van der Waals surface area contributed by atoms with E-state index in [1.54, 1.807) is 13.8 Å². The third-order valence-electron chi connectivity index (χ3n) is 4.50. The van der Waals surface area contributed by atoms with E-state index < -0.39 is 23.8 Å². The minimum Gasteiger partial charge on any atom is -0.393 e. The molecular formula is C22H34O5. The minimum absolute atomic E-state index is 0.00816. The molecule has 5 nitrogen and oxygen atoms in total. The van der Waals surface area contributed by atoms with Crippen LogP contribution >= 0.6 is 0 Å². The van der Waals surface area contributed by atoms with E-state index in [0.717, 1.165) is 25.7 Å². The summed E-state index contributed by atoms with van der Waals surface area (Å²) < 4.78 is 5.09. The summed E-state index contributed by atoms with van der Waals surface area (Å²) in [6.07, 6.45) is 4.18. The van der Waals surface area contributed by atoms with Crippen LogP contribution in [0.4, 0.5) is 0 Å². The molecule has 0 radical (unpaired) electrons. The number of hydrogen-bond acceptors (Lipinski definition) is 5. The van der Waals surface area contributed by atoms with Gasteiger partial charge in [-0.1, -0.05) is 52.7 Å². The summed E-state index contributed by atoms with van der Waals surface area (Å²) in [5.74, 6) is -3.12. The molecule has 0 aromatic carbocycles. The predicted molar refractivity (Wildman–Crippen MR) is 106 cm³/mol. The Morgan fingerprint density at radius 1 is 0.741 bits per heavy atom. The molecule has 0 aromatic rings. The molecule has 5 heteroatoms. The monoisotopic (exact) mass is 378 g/mol. The molecule has 2 unspecified atom stereocenters. The van der Waals surface area contributed by atoms with E-state index in [0.29, 0.717) is 24.0 Å². The molecule has 0 aliphatic rings. The van der Waals surface area contributed by atoms with E-state index in [2.05, 4.69) is 13.2 Å². The van der Waals surface area contributed by atoms with Gasteiger partial charge in [0.25, 0.3) is 0 Å². The molecule has 0 bridgehead atoms. The van der Waals surface area contributed by atoms with Crippen LogP contribution in [0.5, 0.6) is 0 Å². The number of unbranched alkanes of at least 4 members (excludes halogenated alkanes) is 2. The quantitative estimate of drug-likeness (QED) is 0.248. The van der Waals surface area contributed by atoms with Crippen molar-refractivity contribution < 1.29 is 23.9 Å². The van der Waals surface area contributed by atoms with E-state index in [4.69, 9.17) is 4.74 Å². The summed E-state index contributed by atoms with van der Waals surface area (Å²) in [6, 6.07) is 0. The molecule has 0 amide bonds. The van der Waals surface area contributed by atoms with Gasteiger partial charge in [-0.05, 0) is 37.8 Å². The Bertz CT molecular complexity index is 523. The first-order chi connectivity index (χ1) is 12.6. The number of allylic oxidation sites excluding steroid dienone is 2. The van der Waals surface area contributed by atoms with Gasteiger partial charge in [-0.25, -0.2) is 0 Å². The number of Topliss-reactive ketones (excluding diaryl/α,β-unsaturated/α-hetero) is 2. The molecule has 2 atom stereocenters. The van der Waals surface area contributed by atoms with Gasteiger partial charge in [-0.3, -0.25) is 19.2 Å². The van der Waals surface area contributed by atoms with E-state index in [1.807, 2.05) is 13.8 Å². The maximum Gasteiger partial charge on any atom is 0.317 e. The lowest BCUT2D eigenvalue weighted by Gasteiger charge is -2.18. The first kappa shape index (κ1) is 25.0. The average molecular weight is 379 g/mol. The van der Waals surface area contributed by atoms with E-state index in [-0.39, 0.29) is 24.4 Å². The molecule has 0 spiro atoms. The first-order valence-corrected chi connectivity index (χ1v) is 9.76. The van der Waals surface area contributed by atoms with Crippen molar-refractivity contribution in [3.8, 4) is 0 Å². The van der Waals surface area contributed by atoms with Crippen LogP contribution in [0.2, 0.25) is 0 Å².